The molecule has 184 valence electrons. The number of amides is 2. The zero-order valence-electron chi connectivity index (χ0n) is 19.7. The number of alkyl carbamates (subject to hydrolysis) is 1. The molecular weight excluding hydrogens is 448 g/mol. The van der Waals surface area contributed by atoms with Crippen LogP contribution in [0.4, 0.5) is 4.79 Å². The molecule has 2 aromatic rings. The molecule has 0 saturated carbocycles. The molecule has 8 nitrogen and oxygen atoms in total. The van der Waals surface area contributed by atoms with Crippen molar-refractivity contribution in [1.29, 1.82) is 0 Å². The van der Waals surface area contributed by atoms with Crippen LogP contribution < -0.4 is 5.32 Å². The molecule has 0 spiro atoms. The van der Waals surface area contributed by atoms with E-state index in [1.807, 2.05) is 24.3 Å². The van der Waals surface area contributed by atoms with E-state index in [-0.39, 0.29) is 18.4 Å². The molecule has 0 aromatic heterocycles. The summed E-state index contributed by atoms with van der Waals surface area (Å²) in [5.41, 5.74) is 3.33. The van der Waals surface area contributed by atoms with Crippen molar-refractivity contribution in [2.45, 2.75) is 56.2 Å². The van der Waals surface area contributed by atoms with Crippen molar-refractivity contribution in [3.63, 3.8) is 0 Å². The Hall–Kier alpha value is -3.39. The lowest BCUT2D eigenvalue weighted by atomic mass is 9.92. The zero-order chi connectivity index (χ0) is 24.6. The third kappa shape index (κ3) is 3.95. The van der Waals surface area contributed by atoms with Gasteiger partial charge in [0.2, 0.25) is 0 Å². The number of nitrogens with zero attached hydrogens (tertiary/aromatic N) is 1. The molecule has 35 heavy (non-hydrogen) atoms. The van der Waals surface area contributed by atoms with Gasteiger partial charge < -0.3 is 24.8 Å². The molecule has 1 aliphatic carbocycles. The maximum Gasteiger partial charge on any atom is 0.407 e. The van der Waals surface area contributed by atoms with Gasteiger partial charge in [-0.2, -0.15) is 0 Å². The Kier molecular flexibility index (Phi) is 6.23. The molecule has 0 radical (unpaired) electrons. The number of carbonyl (C=O) groups excluding carboxylic acids is 2. The highest BCUT2D eigenvalue weighted by molar-refractivity contribution is 5.90. The molecule has 1 unspecified atom stereocenters. The van der Waals surface area contributed by atoms with Gasteiger partial charge in [-0.3, -0.25) is 4.79 Å². The van der Waals surface area contributed by atoms with E-state index >= 15 is 0 Å². The molecule has 2 fully saturated rings. The van der Waals surface area contributed by atoms with Gasteiger partial charge in [-0.15, -0.1) is 0 Å². The van der Waals surface area contributed by atoms with E-state index in [0.717, 1.165) is 22.3 Å². The molecule has 2 aromatic carbocycles. The molecule has 2 aliphatic heterocycles. The summed E-state index contributed by atoms with van der Waals surface area (Å²) in [5.74, 6) is -1.44. The van der Waals surface area contributed by atoms with Crippen molar-refractivity contribution in [3.05, 3.63) is 59.7 Å². The zero-order valence-corrected chi connectivity index (χ0v) is 19.7. The second kappa shape index (κ2) is 9.34. The van der Waals surface area contributed by atoms with Crippen molar-refractivity contribution < 1.29 is 29.0 Å². The Morgan fingerprint density at radius 2 is 1.77 bits per heavy atom. The van der Waals surface area contributed by atoms with Crippen LogP contribution in [0, 0.1) is 0 Å². The van der Waals surface area contributed by atoms with Crippen molar-refractivity contribution in [1.82, 2.24) is 10.2 Å². The van der Waals surface area contributed by atoms with Gasteiger partial charge >= 0.3 is 12.1 Å². The van der Waals surface area contributed by atoms with Crippen LogP contribution in [0.1, 0.15) is 49.7 Å². The minimum atomic E-state index is -1.21. The molecule has 3 atom stereocenters. The van der Waals surface area contributed by atoms with Crippen LogP contribution in [0.3, 0.4) is 0 Å². The molecule has 0 bridgehead atoms. The Morgan fingerprint density at radius 3 is 2.40 bits per heavy atom. The molecule has 2 saturated heterocycles. The largest absolute Gasteiger partial charge is 0.479 e. The van der Waals surface area contributed by atoms with Gasteiger partial charge in [-0.25, -0.2) is 9.59 Å². The van der Waals surface area contributed by atoms with Crippen LogP contribution in [0.25, 0.3) is 11.1 Å². The van der Waals surface area contributed by atoms with E-state index in [1.54, 1.807) is 6.92 Å². The predicted octanol–water partition coefficient (Wildman–Crippen LogP) is 3.54. The Morgan fingerprint density at radius 1 is 1.11 bits per heavy atom. The smallest absolute Gasteiger partial charge is 0.407 e. The first kappa shape index (κ1) is 23.4. The standard InChI is InChI=1S/C27H30N2O6/c1-2-27(25(31)32)13-7-14-29(27)24(30)23-22(12-15-34-23)28-26(33)35-16-21-19-10-5-3-8-17(19)18-9-4-6-11-20(18)21/h3-6,8-11,21-23H,2,7,12-16H2,1H3,(H,28,33)(H,31,32)/t22-,23+,27?/m0/s1. The monoisotopic (exact) mass is 478 g/mol. The number of carbonyl (C=O) groups is 3. The highest BCUT2D eigenvalue weighted by atomic mass is 16.6. The fraction of sp³-hybridized carbons (Fsp3) is 0.444. The average molecular weight is 479 g/mol. The van der Waals surface area contributed by atoms with E-state index in [2.05, 4.69) is 29.6 Å². The molecule has 2 heterocycles. The van der Waals surface area contributed by atoms with Crippen LogP contribution in [0.5, 0.6) is 0 Å². The van der Waals surface area contributed by atoms with E-state index in [1.165, 1.54) is 4.90 Å². The third-order valence-corrected chi connectivity index (χ3v) is 7.72. The van der Waals surface area contributed by atoms with E-state index in [4.69, 9.17) is 9.47 Å². The van der Waals surface area contributed by atoms with Crippen molar-refractivity contribution in [2.24, 2.45) is 0 Å². The van der Waals surface area contributed by atoms with E-state index in [0.29, 0.717) is 38.8 Å². The minimum absolute atomic E-state index is 0.0595. The second-order valence-electron chi connectivity index (χ2n) is 9.44. The number of hydrogen-bond acceptors (Lipinski definition) is 5. The first-order chi connectivity index (χ1) is 17.0. The lowest BCUT2D eigenvalue weighted by molar-refractivity contribution is -0.161. The number of carboxylic acid groups (broad SMARTS) is 1. The van der Waals surface area contributed by atoms with Crippen LogP contribution in [0.15, 0.2) is 48.5 Å². The van der Waals surface area contributed by atoms with Crippen LogP contribution >= 0.6 is 0 Å². The molecular formula is C27H30N2O6. The topological polar surface area (TPSA) is 105 Å². The number of nitrogens with one attached hydrogen (secondary N) is 1. The highest BCUT2D eigenvalue weighted by Gasteiger charge is 2.51. The van der Waals surface area contributed by atoms with Crippen molar-refractivity contribution in [2.75, 3.05) is 19.8 Å². The van der Waals surface area contributed by atoms with Gasteiger partial charge in [0.05, 0.1) is 6.04 Å². The van der Waals surface area contributed by atoms with Gasteiger partial charge in [-0.05, 0) is 47.9 Å². The van der Waals surface area contributed by atoms with Gasteiger partial charge in [0.25, 0.3) is 5.91 Å². The maximum atomic E-state index is 13.3. The Labute approximate surface area is 204 Å². The quantitative estimate of drug-likeness (QED) is 0.658. The lowest BCUT2D eigenvalue weighted by Gasteiger charge is -2.36. The Balaban J connectivity index is 1.24. The first-order valence-corrected chi connectivity index (χ1v) is 12.2. The highest BCUT2D eigenvalue weighted by Crippen LogP contribution is 2.44. The summed E-state index contributed by atoms with van der Waals surface area (Å²) < 4.78 is 11.3. The summed E-state index contributed by atoms with van der Waals surface area (Å²) in [4.78, 5) is 39.5. The summed E-state index contributed by atoms with van der Waals surface area (Å²) in [6, 6.07) is 15.7. The number of aliphatic carboxylic acids is 1. The third-order valence-electron chi connectivity index (χ3n) is 7.72. The summed E-state index contributed by atoms with van der Waals surface area (Å²) in [5, 5.41) is 12.6. The normalized spacial score (nSPS) is 25.2. The first-order valence-electron chi connectivity index (χ1n) is 12.2. The number of benzene rings is 2. The number of ether oxygens (including phenoxy) is 2. The van der Waals surface area contributed by atoms with Gasteiger partial charge in [-0.1, -0.05) is 55.5 Å². The fourth-order valence-electron chi connectivity index (χ4n) is 5.87. The fourth-order valence-corrected chi connectivity index (χ4v) is 5.87. The maximum absolute atomic E-state index is 13.3. The molecule has 2 N–H and O–H groups in total. The van der Waals surface area contributed by atoms with Crippen molar-refractivity contribution >= 4 is 18.0 Å². The number of rotatable bonds is 6. The van der Waals surface area contributed by atoms with Crippen LogP contribution in [-0.2, 0) is 19.1 Å². The summed E-state index contributed by atoms with van der Waals surface area (Å²) >= 11 is 0. The molecule has 5 rings (SSSR count). The summed E-state index contributed by atoms with van der Waals surface area (Å²) in [7, 11) is 0. The Bertz CT molecular complexity index is 1100. The van der Waals surface area contributed by atoms with Gasteiger partial charge in [0.1, 0.15) is 12.1 Å². The second-order valence-corrected chi connectivity index (χ2v) is 9.44. The minimum Gasteiger partial charge on any atom is -0.479 e. The summed E-state index contributed by atoms with van der Waals surface area (Å²) in [6.07, 6.45) is 0.303. The number of carboxylic acids is 1. The molecule has 2 amide bonds. The van der Waals surface area contributed by atoms with Crippen LogP contribution in [-0.4, -0.2) is 65.4 Å². The SMILES string of the molecule is CCC1(C(=O)O)CCCN1C(=O)[C@@H]1OCC[C@@H]1NC(=O)OCC1c2ccccc2-c2ccccc21. The lowest BCUT2D eigenvalue weighted by Crippen LogP contribution is -2.58. The predicted molar refractivity (Wildman–Crippen MR) is 128 cm³/mol. The average Bonchev–Trinajstić information content (AvgIpc) is 3.59. The number of fused-ring (bicyclic) bond motifs is 3. The summed E-state index contributed by atoms with van der Waals surface area (Å²) in [6.45, 7) is 2.64. The van der Waals surface area contributed by atoms with Crippen molar-refractivity contribution in [3.8, 4) is 11.1 Å². The van der Waals surface area contributed by atoms with E-state index in [9.17, 15) is 19.5 Å². The van der Waals surface area contributed by atoms with Crippen LogP contribution in [0.2, 0.25) is 0 Å². The van der Waals surface area contributed by atoms with E-state index < -0.39 is 29.7 Å². The number of likely N-dealkylation sites (tertiary alicyclic amines) is 1. The van der Waals surface area contributed by atoms with Gasteiger partial charge in [0.15, 0.2) is 6.10 Å². The molecule has 8 heteroatoms. The number of hydrogen-bond donors (Lipinski definition) is 2. The molecule has 3 aliphatic rings. The van der Waals surface area contributed by atoms with Gasteiger partial charge in [0, 0.05) is 19.1 Å².